The van der Waals surface area contributed by atoms with E-state index in [9.17, 15) is 0 Å². The van der Waals surface area contributed by atoms with E-state index in [4.69, 9.17) is 10.5 Å². The van der Waals surface area contributed by atoms with Crippen LogP contribution in [0.5, 0.6) is 5.75 Å². The Morgan fingerprint density at radius 3 is 2.35 bits per heavy atom. The highest BCUT2D eigenvalue weighted by atomic mass is 35.5. The molecular weight excluding hydrogens is 297 g/mol. The smallest absolute Gasteiger partial charge is 0.142 e. The molecule has 2 rings (SSSR count). The molecule has 1 fully saturated rings. The number of nitrogens with zero attached hydrogens (tertiary/aromatic N) is 2. The van der Waals surface area contributed by atoms with E-state index in [-0.39, 0.29) is 24.8 Å². The molecule has 0 spiro atoms. The third kappa shape index (κ3) is 5.02. The third-order valence-electron chi connectivity index (χ3n) is 3.48. The number of hydrogen-bond donors (Lipinski definition) is 1. The Kier molecular flexibility index (Phi) is 9.76. The third-order valence-corrected chi connectivity index (χ3v) is 3.48. The highest BCUT2D eigenvalue weighted by Crippen LogP contribution is 2.28. The molecule has 0 saturated carbocycles. The molecule has 1 aromatic carbocycles. The molecule has 1 aliphatic rings. The number of nitrogens with two attached hydrogens (primary N) is 1. The second-order valence-corrected chi connectivity index (χ2v) is 4.64. The molecule has 1 aromatic rings. The van der Waals surface area contributed by atoms with Crippen LogP contribution in [0.3, 0.4) is 0 Å². The van der Waals surface area contributed by atoms with Gasteiger partial charge in [-0.2, -0.15) is 0 Å². The molecule has 0 amide bonds. The Hall–Kier alpha value is -0.680. The lowest BCUT2D eigenvalue weighted by atomic mass is 10.2. The maximum Gasteiger partial charge on any atom is 0.142 e. The van der Waals surface area contributed by atoms with Crippen molar-refractivity contribution in [1.82, 2.24) is 4.90 Å². The topological polar surface area (TPSA) is 41.7 Å². The summed E-state index contributed by atoms with van der Waals surface area (Å²) < 4.78 is 5.42. The van der Waals surface area contributed by atoms with Gasteiger partial charge in [0.25, 0.3) is 0 Å². The summed E-state index contributed by atoms with van der Waals surface area (Å²) in [4.78, 5) is 4.89. The van der Waals surface area contributed by atoms with Gasteiger partial charge in [0, 0.05) is 26.2 Å². The number of hydrogen-bond acceptors (Lipinski definition) is 4. The largest absolute Gasteiger partial charge is 0.495 e. The van der Waals surface area contributed by atoms with Gasteiger partial charge < -0.3 is 15.4 Å². The van der Waals surface area contributed by atoms with Crippen LogP contribution in [0.15, 0.2) is 24.3 Å². The van der Waals surface area contributed by atoms with Crippen molar-refractivity contribution in [3.05, 3.63) is 24.3 Å². The summed E-state index contributed by atoms with van der Waals surface area (Å²) in [5.41, 5.74) is 6.76. The first-order valence-corrected chi connectivity index (χ1v) is 6.65. The number of ether oxygens (including phenoxy) is 1. The van der Waals surface area contributed by atoms with Gasteiger partial charge in [-0.1, -0.05) is 12.1 Å². The normalized spacial score (nSPS) is 15.2. The zero-order valence-electron chi connectivity index (χ0n) is 12.0. The fourth-order valence-corrected chi connectivity index (χ4v) is 2.42. The first kappa shape index (κ1) is 19.3. The van der Waals surface area contributed by atoms with Gasteiger partial charge in [-0.3, -0.25) is 4.90 Å². The van der Waals surface area contributed by atoms with E-state index in [1.807, 2.05) is 12.1 Å². The summed E-state index contributed by atoms with van der Waals surface area (Å²) in [5.74, 6) is 0.966. The molecule has 1 heterocycles. The molecule has 1 aliphatic heterocycles. The summed E-state index contributed by atoms with van der Waals surface area (Å²) in [7, 11) is 1.73. The Bertz CT molecular complexity index is 371. The van der Waals surface area contributed by atoms with Crippen LogP contribution >= 0.6 is 24.8 Å². The number of anilines is 1. The standard InChI is InChI=1S/C14H23N3O.2ClH/c1-18-14-6-3-2-5-13(14)17-11-9-16(10-12-17)8-4-7-15;;/h2-3,5-6H,4,7-12,15H2,1H3;2*1H. The number of halogens is 2. The second kappa shape index (κ2) is 10.1. The second-order valence-electron chi connectivity index (χ2n) is 4.64. The lowest BCUT2D eigenvalue weighted by Crippen LogP contribution is -2.47. The van der Waals surface area contributed by atoms with E-state index in [0.29, 0.717) is 0 Å². The monoisotopic (exact) mass is 321 g/mol. The highest BCUT2D eigenvalue weighted by molar-refractivity contribution is 5.85. The lowest BCUT2D eigenvalue weighted by molar-refractivity contribution is 0.255. The first-order valence-electron chi connectivity index (χ1n) is 6.65. The molecule has 20 heavy (non-hydrogen) atoms. The summed E-state index contributed by atoms with van der Waals surface area (Å²) in [5, 5.41) is 0. The molecule has 116 valence electrons. The fourth-order valence-electron chi connectivity index (χ4n) is 2.42. The molecule has 0 unspecified atom stereocenters. The Morgan fingerprint density at radius 1 is 1.10 bits per heavy atom. The van der Waals surface area contributed by atoms with Crippen molar-refractivity contribution in [2.24, 2.45) is 5.73 Å². The average molecular weight is 322 g/mol. The van der Waals surface area contributed by atoms with Gasteiger partial charge in [-0.25, -0.2) is 0 Å². The Morgan fingerprint density at radius 2 is 1.75 bits per heavy atom. The number of para-hydroxylation sites is 2. The average Bonchev–Trinajstić information content (AvgIpc) is 2.45. The zero-order valence-corrected chi connectivity index (χ0v) is 13.6. The van der Waals surface area contributed by atoms with Crippen molar-refractivity contribution in [3.8, 4) is 5.75 Å². The van der Waals surface area contributed by atoms with Gasteiger partial charge in [0.05, 0.1) is 12.8 Å². The molecule has 0 bridgehead atoms. The SMILES string of the molecule is COc1ccccc1N1CCN(CCCN)CC1.Cl.Cl. The number of methoxy groups -OCH3 is 1. The van der Waals surface area contributed by atoms with E-state index < -0.39 is 0 Å². The van der Waals surface area contributed by atoms with Crippen LogP contribution in [0.25, 0.3) is 0 Å². The summed E-state index contributed by atoms with van der Waals surface area (Å²) in [6, 6.07) is 8.24. The van der Waals surface area contributed by atoms with Crippen LogP contribution in [-0.2, 0) is 0 Å². The summed E-state index contributed by atoms with van der Waals surface area (Å²) in [6.07, 6.45) is 1.09. The van der Waals surface area contributed by atoms with E-state index in [1.54, 1.807) is 7.11 Å². The van der Waals surface area contributed by atoms with E-state index in [2.05, 4.69) is 21.9 Å². The van der Waals surface area contributed by atoms with Gasteiger partial charge in [0.15, 0.2) is 0 Å². The first-order chi connectivity index (χ1) is 8.85. The lowest BCUT2D eigenvalue weighted by Gasteiger charge is -2.36. The van der Waals surface area contributed by atoms with Crippen molar-refractivity contribution in [2.75, 3.05) is 51.3 Å². The molecule has 0 aliphatic carbocycles. The van der Waals surface area contributed by atoms with Crippen molar-refractivity contribution >= 4 is 30.5 Å². The maximum absolute atomic E-state index is 5.55. The minimum atomic E-state index is 0. The van der Waals surface area contributed by atoms with Crippen molar-refractivity contribution in [1.29, 1.82) is 0 Å². The van der Waals surface area contributed by atoms with Crippen LogP contribution in [-0.4, -0.2) is 51.3 Å². The quantitative estimate of drug-likeness (QED) is 0.900. The van der Waals surface area contributed by atoms with Crippen LogP contribution in [0.2, 0.25) is 0 Å². The zero-order chi connectivity index (χ0) is 12.8. The van der Waals surface area contributed by atoms with E-state index >= 15 is 0 Å². The molecule has 0 aromatic heterocycles. The molecule has 2 N–H and O–H groups in total. The van der Waals surface area contributed by atoms with Gasteiger partial charge in [0.2, 0.25) is 0 Å². The van der Waals surface area contributed by atoms with Crippen LogP contribution < -0.4 is 15.4 Å². The van der Waals surface area contributed by atoms with Gasteiger partial charge in [0.1, 0.15) is 5.75 Å². The Balaban J connectivity index is 0.00000180. The minimum absolute atomic E-state index is 0. The molecule has 6 heteroatoms. The molecular formula is C14H25Cl2N3O. The van der Waals surface area contributed by atoms with E-state index in [0.717, 1.165) is 51.4 Å². The molecule has 0 radical (unpaired) electrons. The predicted molar refractivity (Wildman–Crippen MR) is 89.8 cm³/mol. The van der Waals surface area contributed by atoms with Gasteiger partial charge in [-0.05, 0) is 31.6 Å². The highest BCUT2D eigenvalue weighted by Gasteiger charge is 2.18. The van der Waals surface area contributed by atoms with Gasteiger partial charge in [-0.15, -0.1) is 24.8 Å². The maximum atomic E-state index is 5.55. The van der Waals surface area contributed by atoms with Crippen LogP contribution in [0.1, 0.15) is 6.42 Å². The number of rotatable bonds is 5. The summed E-state index contributed by atoms with van der Waals surface area (Å²) in [6.45, 7) is 6.25. The van der Waals surface area contributed by atoms with Crippen molar-refractivity contribution in [2.45, 2.75) is 6.42 Å². The van der Waals surface area contributed by atoms with Crippen molar-refractivity contribution in [3.63, 3.8) is 0 Å². The van der Waals surface area contributed by atoms with Crippen LogP contribution in [0.4, 0.5) is 5.69 Å². The Labute approximate surface area is 134 Å². The number of piperazine rings is 1. The van der Waals surface area contributed by atoms with Gasteiger partial charge >= 0.3 is 0 Å². The molecule has 4 nitrogen and oxygen atoms in total. The predicted octanol–water partition coefficient (Wildman–Crippen LogP) is 2.01. The summed E-state index contributed by atoms with van der Waals surface area (Å²) >= 11 is 0. The van der Waals surface area contributed by atoms with E-state index in [1.165, 1.54) is 5.69 Å². The molecule has 1 saturated heterocycles. The molecule has 0 atom stereocenters. The fraction of sp³-hybridized carbons (Fsp3) is 0.571. The minimum Gasteiger partial charge on any atom is -0.495 e. The van der Waals surface area contributed by atoms with Crippen molar-refractivity contribution < 1.29 is 4.74 Å². The van der Waals surface area contributed by atoms with Crippen LogP contribution in [0, 0.1) is 0 Å². The number of benzene rings is 1.